The van der Waals surface area contributed by atoms with Crippen LogP contribution in [0.25, 0.3) is 0 Å². The standard InChI is InChI=1S/C20H22F2N4O3/c1-28-19-11-18(23-12-24-19)25-5-2-13(3-6-25)20(27)26-17(4-7-29-26)14-8-15(21)10-16(22)9-14/h8-13,17H,2-7H2,1H3/t17-/m0/s1. The molecule has 0 N–H and O–H groups in total. The predicted octanol–water partition coefficient (Wildman–Crippen LogP) is 2.89. The summed E-state index contributed by atoms with van der Waals surface area (Å²) in [5.41, 5.74) is 0.416. The summed E-state index contributed by atoms with van der Waals surface area (Å²) in [5, 5.41) is 1.31. The molecule has 0 unspecified atom stereocenters. The number of carbonyl (C=O) groups excluding carboxylic acids is 1. The number of methoxy groups -OCH3 is 1. The summed E-state index contributed by atoms with van der Waals surface area (Å²) in [4.78, 5) is 29.0. The van der Waals surface area contributed by atoms with Crippen LogP contribution in [0.15, 0.2) is 30.6 Å². The van der Waals surface area contributed by atoms with Crippen LogP contribution in [0.1, 0.15) is 30.9 Å². The fourth-order valence-electron chi connectivity index (χ4n) is 3.91. The van der Waals surface area contributed by atoms with Gasteiger partial charge in [-0.05, 0) is 30.5 Å². The number of amides is 1. The van der Waals surface area contributed by atoms with Crippen LogP contribution in [0.2, 0.25) is 0 Å². The summed E-state index contributed by atoms with van der Waals surface area (Å²) in [6.45, 7) is 1.65. The molecule has 2 aliphatic heterocycles. The molecule has 1 atom stereocenters. The molecule has 1 amide bonds. The zero-order valence-corrected chi connectivity index (χ0v) is 16.1. The van der Waals surface area contributed by atoms with Gasteiger partial charge in [-0.3, -0.25) is 9.63 Å². The summed E-state index contributed by atoms with van der Waals surface area (Å²) in [6, 6.07) is 4.63. The minimum Gasteiger partial charge on any atom is -0.481 e. The fraction of sp³-hybridized carbons (Fsp3) is 0.450. The van der Waals surface area contributed by atoms with Gasteiger partial charge in [0.1, 0.15) is 23.8 Å². The Bertz CT molecular complexity index is 870. The Balaban J connectivity index is 1.42. The molecule has 0 radical (unpaired) electrons. The molecular weight excluding hydrogens is 382 g/mol. The number of aromatic nitrogens is 2. The van der Waals surface area contributed by atoms with E-state index in [1.165, 1.54) is 23.5 Å². The minimum atomic E-state index is -0.659. The van der Waals surface area contributed by atoms with Crippen molar-refractivity contribution < 1.29 is 23.1 Å². The number of ether oxygens (including phenoxy) is 1. The van der Waals surface area contributed by atoms with Gasteiger partial charge >= 0.3 is 0 Å². The van der Waals surface area contributed by atoms with Gasteiger partial charge in [-0.25, -0.2) is 23.8 Å². The lowest BCUT2D eigenvalue weighted by atomic mass is 9.94. The van der Waals surface area contributed by atoms with E-state index in [-0.39, 0.29) is 11.8 Å². The maximum Gasteiger partial charge on any atom is 0.249 e. The number of rotatable bonds is 4. The van der Waals surface area contributed by atoms with E-state index < -0.39 is 17.7 Å². The molecule has 2 aliphatic rings. The minimum absolute atomic E-state index is 0.142. The summed E-state index contributed by atoms with van der Waals surface area (Å²) >= 11 is 0. The number of anilines is 1. The van der Waals surface area contributed by atoms with E-state index >= 15 is 0 Å². The van der Waals surface area contributed by atoms with Crippen molar-refractivity contribution in [1.29, 1.82) is 0 Å². The normalized spacial score (nSPS) is 20.2. The van der Waals surface area contributed by atoms with Crippen molar-refractivity contribution in [3.63, 3.8) is 0 Å². The number of nitrogens with zero attached hydrogens (tertiary/aromatic N) is 4. The Kier molecular flexibility index (Phi) is 5.57. The molecule has 0 saturated carbocycles. The van der Waals surface area contributed by atoms with E-state index in [2.05, 4.69) is 14.9 Å². The Morgan fingerprint density at radius 3 is 2.52 bits per heavy atom. The summed E-state index contributed by atoms with van der Waals surface area (Å²) < 4.78 is 32.4. The van der Waals surface area contributed by atoms with E-state index in [1.54, 1.807) is 13.2 Å². The maximum atomic E-state index is 13.6. The first-order valence-electron chi connectivity index (χ1n) is 9.58. The second-order valence-corrected chi connectivity index (χ2v) is 7.18. The number of halogens is 2. The molecule has 4 rings (SSSR count). The molecule has 2 fully saturated rings. The van der Waals surface area contributed by atoms with Crippen LogP contribution in [-0.2, 0) is 9.63 Å². The lowest BCUT2D eigenvalue weighted by molar-refractivity contribution is -0.182. The van der Waals surface area contributed by atoms with Gasteiger partial charge in [0, 0.05) is 37.6 Å². The lowest BCUT2D eigenvalue weighted by Crippen LogP contribution is -2.42. The van der Waals surface area contributed by atoms with Crippen LogP contribution in [0.5, 0.6) is 5.88 Å². The summed E-state index contributed by atoms with van der Waals surface area (Å²) in [7, 11) is 1.55. The molecule has 154 valence electrons. The third-order valence-electron chi connectivity index (χ3n) is 5.40. The molecule has 0 aliphatic carbocycles. The van der Waals surface area contributed by atoms with Crippen molar-refractivity contribution in [2.45, 2.75) is 25.3 Å². The van der Waals surface area contributed by atoms with Crippen molar-refractivity contribution in [1.82, 2.24) is 15.0 Å². The monoisotopic (exact) mass is 404 g/mol. The molecule has 0 spiro atoms. The van der Waals surface area contributed by atoms with E-state index in [0.717, 1.165) is 11.9 Å². The van der Waals surface area contributed by atoms with Gasteiger partial charge in [0.05, 0.1) is 19.8 Å². The highest BCUT2D eigenvalue weighted by Gasteiger charge is 2.37. The van der Waals surface area contributed by atoms with Crippen molar-refractivity contribution in [3.8, 4) is 5.88 Å². The highest BCUT2D eigenvalue weighted by Crippen LogP contribution is 2.34. The smallest absolute Gasteiger partial charge is 0.249 e. The van der Waals surface area contributed by atoms with E-state index in [4.69, 9.17) is 9.57 Å². The number of benzene rings is 1. The maximum absolute atomic E-state index is 13.6. The first kappa shape index (κ1) is 19.5. The third kappa shape index (κ3) is 4.14. The number of hydrogen-bond donors (Lipinski definition) is 0. The molecule has 0 bridgehead atoms. The van der Waals surface area contributed by atoms with Crippen LogP contribution >= 0.6 is 0 Å². The van der Waals surface area contributed by atoms with Gasteiger partial charge in [0.15, 0.2) is 0 Å². The van der Waals surface area contributed by atoms with Crippen LogP contribution in [0.4, 0.5) is 14.6 Å². The highest BCUT2D eigenvalue weighted by atomic mass is 19.1. The van der Waals surface area contributed by atoms with Crippen molar-refractivity contribution >= 4 is 11.7 Å². The first-order valence-corrected chi connectivity index (χ1v) is 9.58. The molecule has 29 heavy (non-hydrogen) atoms. The molecular formula is C20H22F2N4O3. The number of hydroxylamine groups is 2. The SMILES string of the molecule is COc1cc(N2CCC(C(=O)N3OCC[C@H]3c3cc(F)cc(F)c3)CC2)ncn1. The van der Waals surface area contributed by atoms with Crippen LogP contribution < -0.4 is 9.64 Å². The predicted molar refractivity (Wildman–Crippen MR) is 100 cm³/mol. The lowest BCUT2D eigenvalue weighted by Gasteiger charge is -2.34. The first-order chi connectivity index (χ1) is 14.0. The third-order valence-corrected chi connectivity index (χ3v) is 5.40. The Morgan fingerprint density at radius 2 is 1.83 bits per heavy atom. The van der Waals surface area contributed by atoms with E-state index in [9.17, 15) is 13.6 Å². The quantitative estimate of drug-likeness (QED) is 0.781. The zero-order chi connectivity index (χ0) is 20.4. The molecule has 7 nitrogen and oxygen atoms in total. The van der Waals surface area contributed by atoms with Gasteiger partial charge < -0.3 is 9.64 Å². The fourth-order valence-corrected chi connectivity index (χ4v) is 3.91. The Hall–Kier alpha value is -2.81. The van der Waals surface area contributed by atoms with Gasteiger partial charge in [0.2, 0.25) is 11.8 Å². The summed E-state index contributed by atoms with van der Waals surface area (Å²) in [6.07, 6.45) is 3.23. The van der Waals surface area contributed by atoms with Crippen molar-refractivity contribution in [2.24, 2.45) is 5.92 Å². The molecule has 1 aromatic heterocycles. The van der Waals surface area contributed by atoms with Crippen molar-refractivity contribution in [3.05, 3.63) is 47.8 Å². The van der Waals surface area contributed by atoms with Gasteiger partial charge in [-0.1, -0.05) is 0 Å². The molecule has 2 aromatic rings. The summed E-state index contributed by atoms with van der Waals surface area (Å²) in [5.74, 6) is -0.427. The average Bonchev–Trinajstić information content (AvgIpc) is 3.23. The number of piperidine rings is 1. The van der Waals surface area contributed by atoms with Crippen LogP contribution in [0.3, 0.4) is 0 Å². The largest absolute Gasteiger partial charge is 0.481 e. The zero-order valence-electron chi connectivity index (χ0n) is 16.1. The van der Waals surface area contributed by atoms with E-state index in [0.29, 0.717) is 50.4 Å². The van der Waals surface area contributed by atoms with Gasteiger partial charge in [0.25, 0.3) is 0 Å². The second-order valence-electron chi connectivity index (χ2n) is 7.18. The second kappa shape index (κ2) is 8.28. The number of hydrogen-bond acceptors (Lipinski definition) is 6. The van der Waals surface area contributed by atoms with Gasteiger partial charge in [-0.2, -0.15) is 0 Å². The van der Waals surface area contributed by atoms with Crippen molar-refractivity contribution in [2.75, 3.05) is 31.7 Å². The molecule has 3 heterocycles. The van der Waals surface area contributed by atoms with E-state index in [1.807, 2.05) is 0 Å². The molecule has 2 saturated heterocycles. The Labute approximate surface area is 167 Å². The van der Waals surface area contributed by atoms with Crippen LogP contribution in [0, 0.1) is 17.6 Å². The topological polar surface area (TPSA) is 67.8 Å². The Morgan fingerprint density at radius 1 is 1.10 bits per heavy atom. The number of carbonyl (C=O) groups is 1. The van der Waals surface area contributed by atoms with Crippen LogP contribution in [-0.4, -0.2) is 47.7 Å². The average molecular weight is 404 g/mol. The molecule has 9 heteroatoms. The molecule has 1 aromatic carbocycles. The van der Waals surface area contributed by atoms with Gasteiger partial charge in [-0.15, -0.1) is 0 Å². The highest BCUT2D eigenvalue weighted by molar-refractivity contribution is 5.79.